The van der Waals surface area contributed by atoms with Gasteiger partial charge in [0.2, 0.25) is 0 Å². The zero-order valence-corrected chi connectivity index (χ0v) is 17.5. The average molecular weight is 375 g/mol. The number of hydrogen-bond acceptors (Lipinski definition) is 3. The van der Waals surface area contributed by atoms with Crippen molar-refractivity contribution in [2.45, 2.75) is 77.9 Å². The molecule has 2 aliphatic carbocycles. The van der Waals surface area contributed by atoms with Crippen LogP contribution in [-0.2, 0) is 4.74 Å². The van der Waals surface area contributed by atoms with E-state index in [9.17, 15) is 4.79 Å². The molecule has 1 aromatic rings. The molecule has 1 amide bonds. The van der Waals surface area contributed by atoms with E-state index in [-0.39, 0.29) is 0 Å². The van der Waals surface area contributed by atoms with Gasteiger partial charge < -0.3 is 15.8 Å². The van der Waals surface area contributed by atoms with Crippen LogP contribution in [-0.4, -0.2) is 24.3 Å². The van der Waals surface area contributed by atoms with Gasteiger partial charge in [-0.1, -0.05) is 55.8 Å². The van der Waals surface area contributed by atoms with Crippen molar-refractivity contribution in [2.24, 2.45) is 11.7 Å². The van der Waals surface area contributed by atoms with E-state index in [0.29, 0.717) is 0 Å². The van der Waals surface area contributed by atoms with E-state index in [4.69, 9.17) is 5.73 Å². The van der Waals surface area contributed by atoms with E-state index in [1.165, 1.54) is 44.2 Å². The van der Waals surface area contributed by atoms with E-state index in [0.717, 1.165) is 18.4 Å². The third-order valence-electron chi connectivity index (χ3n) is 4.25. The van der Waals surface area contributed by atoms with Crippen LogP contribution in [0, 0.1) is 5.92 Å². The summed E-state index contributed by atoms with van der Waals surface area (Å²) < 4.78 is 4.58. The fraction of sp³-hybridized carbons (Fsp3) is 0.609. The van der Waals surface area contributed by atoms with Crippen molar-refractivity contribution in [3.63, 3.8) is 0 Å². The standard InChI is InChI=1S/C10H12.C8H15N.C5H11NO2/c1-2-3-7-10-8-5-4-6-9-10;1-2-7(3-1)6-9-8-4-5-8;1-5(2,3)8-4(6)7/h3-9H,2H2,1H3;7-9H,1-6H2;1-3H3,(H2,6,7)/b7-3-;;. The van der Waals surface area contributed by atoms with Gasteiger partial charge in [0.15, 0.2) is 0 Å². The first-order valence-corrected chi connectivity index (χ1v) is 10.2. The minimum atomic E-state index is -0.725. The van der Waals surface area contributed by atoms with Crippen LogP contribution in [0.4, 0.5) is 4.79 Å². The van der Waals surface area contributed by atoms with Gasteiger partial charge in [0.05, 0.1) is 0 Å². The average Bonchev–Trinajstić information content (AvgIpc) is 3.36. The molecule has 1 aromatic carbocycles. The second kappa shape index (κ2) is 12.6. The summed E-state index contributed by atoms with van der Waals surface area (Å²) in [6.07, 6.45) is 12.0. The van der Waals surface area contributed by atoms with Crippen LogP contribution in [0.5, 0.6) is 0 Å². The van der Waals surface area contributed by atoms with Crippen molar-refractivity contribution in [1.29, 1.82) is 0 Å². The molecule has 2 fully saturated rings. The minimum Gasteiger partial charge on any atom is -0.444 e. The first kappa shape index (κ1) is 23.2. The Balaban J connectivity index is 0.000000204. The number of nitrogens with one attached hydrogen (secondary N) is 1. The number of allylic oxidation sites excluding steroid dienone is 1. The molecule has 0 radical (unpaired) electrons. The number of carbonyl (C=O) groups is 1. The molecule has 2 aliphatic rings. The smallest absolute Gasteiger partial charge is 0.405 e. The zero-order valence-electron chi connectivity index (χ0n) is 17.5. The van der Waals surface area contributed by atoms with Crippen molar-refractivity contribution >= 4 is 12.2 Å². The van der Waals surface area contributed by atoms with Crippen molar-refractivity contribution in [3.8, 4) is 0 Å². The van der Waals surface area contributed by atoms with Gasteiger partial charge in [-0.25, -0.2) is 4.79 Å². The second-order valence-electron chi connectivity index (χ2n) is 8.23. The van der Waals surface area contributed by atoms with E-state index in [1.54, 1.807) is 20.8 Å². The number of primary amides is 1. The van der Waals surface area contributed by atoms with Gasteiger partial charge in [0.25, 0.3) is 0 Å². The third kappa shape index (κ3) is 14.0. The molecule has 3 N–H and O–H groups in total. The minimum absolute atomic E-state index is 0.453. The Morgan fingerprint density at radius 2 is 1.81 bits per heavy atom. The van der Waals surface area contributed by atoms with E-state index in [1.807, 2.05) is 6.07 Å². The zero-order chi connectivity index (χ0) is 20.1. The molecule has 4 nitrogen and oxygen atoms in total. The second-order valence-corrected chi connectivity index (χ2v) is 8.23. The Bertz CT molecular complexity index is 541. The fourth-order valence-corrected chi connectivity index (χ4v) is 2.44. The summed E-state index contributed by atoms with van der Waals surface area (Å²) in [4.78, 5) is 10.0. The molecule has 0 spiro atoms. The molecule has 0 aromatic heterocycles. The topological polar surface area (TPSA) is 64.3 Å². The molecule has 0 unspecified atom stereocenters. The van der Waals surface area contributed by atoms with Gasteiger partial charge in [-0.05, 0) is 70.9 Å². The van der Waals surface area contributed by atoms with Crippen molar-refractivity contribution in [3.05, 3.63) is 42.0 Å². The monoisotopic (exact) mass is 374 g/mol. The third-order valence-corrected chi connectivity index (χ3v) is 4.25. The summed E-state index contributed by atoms with van der Waals surface area (Å²) in [5, 5.41) is 3.56. The van der Waals surface area contributed by atoms with Gasteiger partial charge in [0.1, 0.15) is 5.60 Å². The van der Waals surface area contributed by atoms with Crippen molar-refractivity contribution < 1.29 is 9.53 Å². The number of benzene rings is 1. The molecule has 2 saturated carbocycles. The number of amides is 1. The van der Waals surface area contributed by atoms with Crippen LogP contribution < -0.4 is 11.1 Å². The first-order valence-electron chi connectivity index (χ1n) is 10.2. The molecule has 152 valence electrons. The normalized spacial score (nSPS) is 16.4. The summed E-state index contributed by atoms with van der Waals surface area (Å²) in [7, 11) is 0. The molecule has 0 atom stereocenters. The van der Waals surface area contributed by atoms with Crippen LogP contribution >= 0.6 is 0 Å². The number of carbonyl (C=O) groups excluding carboxylic acids is 1. The van der Waals surface area contributed by atoms with Crippen LogP contribution in [0.1, 0.15) is 71.8 Å². The fourth-order valence-electron chi connectivity index (χ4n) is 2.44. The maximum Gasteiger partial charge on any atom is 0.405 e. The first-order chi connectivity index (χ1) is 12.8. The molecule has 0 saturated heterocycles. The predicted octanol–water partition coefficient (Wildman–Crippen LogP) is 5.53. The van der Waals surface area contributed by atoms with Gasteiger partial charge in [-0.3, -0.25) is 0 Å². The van der Waals surface area contributed by atoms with Crippen molar-refractivity contribution in [1.82, 2.24) is 5.32 Å². The number of ether oxygens (including phenoxy) is 1. The summed E-state index contributed by atoms with van der Waals surface area (Å²) in [5.41, 5.74) is 5.55. The van der Waals surface area contributed by atoms with Crippen LogP contribution in [0.25, 0.3) is 6.08 Å². The molecule has 3 rings (SSSR count). The Kier molecular flexibility index (Phi) is 10.8. The summed E-state index contributed by atoms with van der Waals surface area (Å²) in [6, 6.07) is 11.3. The highest BCUT2D eigenvalue weighted by Crippen LogP contribution is 2.27. The van der Waals surface area contributed by atoms with Crippen molar-refractivity contribution in [2.75, 3.05) is 6.54 Å². The highest BCUT2D eigenvalue weighted by atomic mass is 16.6. The summed E-state index contributed by atoms with van der Waals surface area (Å²) >= 11 is 0. The van der Waals surface area contributed by atoms with Crippen LogP contribution in [0.15, 0.2) is 36.4 Å². The molecule has 0 aliphatic heterocycles. The molecule has 0 heterocycles. The maximum absolute atomic E-state index is 10.0. The van der Waals surface area contributed by atoms with Gasteiger partial charge >= 0.3 is 6.09 Å². The number of hydrogen-bond donors (Lipinski definition) is 2. The molecule has 4 heteroatoms. The Hall–Kier alpha value is -1.81. The largest absolute Gasteiger partial charge is 0.444 e. The quantitative estimate of drug-likeness (QED) is 0.712. The lowest BCUT2D eigenvalue weighted by atomic mass is 9.85. The predicted molar refractivity (Wildman–Crippen MR) is 115 cm³/mol. The van der Waals surface area contributed by atoms with Crippen LogP contribution in [0.3, 0.4) is 0 Å². The Labute approximate surface area is 165 Å². The lowest BCUT2D eigenvalue weighted by molar-refractivity contribution is 0.0600. The number of nitrogens with two attached hydrogens (primary N) is 1. The van der Waals surface area contributed by atoms with E-state index in [2.05, 4.69) is 53.4 Å². The lowest BCUT2D eigenvalue weighted by Gasteiger charge is -2.25. The highest BCUT2D eigenvalue weighted by Gasteiger charge is 2.23. The van der Waals surface area contributed by atoms with Gasteiger partial charge in [-0.2, -0.15) is 0 Å². The van der Waals surface area contributed by atoms with E-state index >= 15 is 0 Å². The highest BCUT2D eigenvalue weighted by molar-refractivity contribution is 5.65. The van der Waals surface area contributed by atoms with Gasteiger partial charge in [-0.15, -0.1) is 0 Å². The number of rotatable bonds is 5. The Morgan fingerprint density at radius 3 is 2.19 bits per heavy atom. The van der Waals surface area contributed by atoms with E-state index < -0.39 is 11.7 Å². The SMILES string of the molecule is C1CC(CNC2CC2)C1.CC(C)(C)OC(N)=O.CC/C=C\c1ccccc1. The molecular weight excluding hydrogens is 336 g/mol. The van der Waals surface area contributed by atoms with Crippen LogP contribution in [0.2, 0.25) is 0 Å². The Morgan fingerprint density at radius 1 is 1.19 bits per heavy atom. The lowest BCUT2D eigenvalue weighted by Crippen LogP contribution is -2.28. The summed E-state index contributed by atoms with van der Waals surface area (Å²) in [5.74, 6) is 1.05. The van der Waals surface area contributed by atoms with Gasteiger partial charge in [0, 0.05) is 6.04 Å². The maximum atomic E-state index is 10.0. The molecule has 27 heavy (non-hydrogen) atoms. The summed E-state index contributed by atoms with van der Waals surface area (Å²) in [6.45, 7) is 8.73. The molecule has 0 bridgehead atoms. The molecular formula is C23H38N2O2.